The average molecular weight is 197 g/mol. The Labute approximate surface area is 90.2 Å². The van der Waals surface area contributed by atoms with Gasteiger partial charge in [-0.2, -0.15) is 0 Å². The van der Waals surface area contributed by atoms with E-state index < -0.39 is 0 Å². The fraction of sp³-hybridized carbons (Fsp3) is 0.846. The Bertz CT molecular complexity index is 155. The lowest BCUT2D eigenvalue weighted by Crippen LogP contribution is -2.13. The Morgan fingerprint density at radius 3 is 2.07 bits per heavy atom. The Kier molecular flexibility index (Phi) is 7.87. The molecule has 0 heterocycles. The van der Waals surface area contributed by atoms with Crippen LogP contribution in [0.4, 0.5) is 0 Å². The summed E-state index contributed by atoms with van der Waals surface area (Å²) in [6.45, 7) is 7.96. The summed E-state index contributed by atoms with van der Waals surface area (Å²) in [5, 5.41) is 0. The lowest BCUT2D eigenvalue weighted by molar-refractivity contribution is 0.449. The summed E-state index contributed by atoms with van der Waals surface area (Å²) in [6, 6.07) is 0. The summed E-state index contributed by atoms with van der Waals surface area (Å²) in [4.78, 5) is 2.23. The molecule has 14 heavy (non-hydrogen) atoms. The van der Waals surface area contributed by atoms with Gasteiger partial charge in [-0.25, -0.2) is 0 Å². The third-order valence-corrected chi connectivity index (χ3v) is 2.77. The first kappa shape index (κ1) is 13.7. The third kappa shape index (κ3) is 5.43. The quantitative estimate of drug-likeness (QED) is 0.562. The second-order valence-corrected chi connectivity index (χ2v) is 4.30. The van der Waals surface area contributed by atoms with E-state index in [1.165, 1.54) is 25.7 Å². The van der Waals surface area contributed by atoms with Gasteiger partial charge in [0.05, 0.1) is 0 Å². The van der Waals surface area contributed by atoms with E-state index >= 15 is 0 Å². The molecule has 0 radical (unpaired) electrons. The molecule has 0 rings (SSSR count). The van der Waals surface area contributed by atoms with Crippen LogP contribution >= 0.6 is 0 Å². The van der Waals surface area contributed by atoms with Crippen LogP contribution in [0.15, 0.2) is 11.6 Å². The first-order valence-corrected chi connectivity index (χ1v) is 5.99. The molecule has 0 bridgehead atoms. The van der Waals surface area contributed by atoms with Gasteiger partial charge in [0.25, 0.3) is 0 Å². The maximum Gasteiger partial charge on any atom is 0.0159 e. The van der Waals surface area contributed by atoms with Crippen molar-refractivity contribution in [1.29, 1.82) is 0 Å². The summed E-state index contributed by atoms with van der Waals surface area (Å²) in [7, 11) is 4.26. The minimum atomic E-state index is 0.815. The van der Waals surface area contributed by atoms with Crippen molar-refractivity contribution in [2.45, 2.75) is 46.5 Å². The highest BCUT2D eigenvalue weighted by Gasteiger charge is 2.08. The Morgan fingerprint density at radius 2 is 1.71 bits per heavy atom. The van der Waals surface area contributed by atoms with Crippen molar-refractivity contribution in [3.8, 4) is 0 Å². The number of allylic oxidation sites excluding steroid dienone is 1. The van der Waals surface area contributed by atoms with Crippen LogP contribution in [0.3, 0.4) is 0 Å². The molecule has 0 aliphatic rings. The summed E-state index contributed by atoms with van der Waals surface area (Å²) >= 11 is 0. The van der Waals surface area contributed by atoms with Crippen LogP contribution < -0.4 is 0 Å². The summed E-state index contributed by atoms with van der Waals surface area (Å²) in [6.07, 6.45) is 7.56. The predicted molar refractivity (Wildman–Crippen MR) is 65.6 cm³/mol. The standard InChI is InChI=1S/C13H27N/c1-6-9-13(10-11-14(4)5)12(7-2)8-3/h10,12H,6-9,11H2,1-5H3. The highest BCUT2D eigenvalue weighted by atomic mass is 15.0. The van der Waals surface area contributed by atoms with E-state index in [1.54, 1.807) is 5.57 Å². The molecule has 0 aliphatic heterocycles. The molecule has 0 unspecified atom stereocenters. The minimum Gasteiger partial charge on any atom is -0.306 e. The molecular weight excluding hydrogens is 170 g/mol. The number of rotatable bonds is 7. The molecule has 1 nitrogen and oxygen atoms in total. The average Bonchev–Trinajstić information content (AvgIpc) is 2.15. The van der Waals surface area contributed by atoms with Crippen molar-refractivity contribution in [3.63, 3.8) is 0 Å². The largest absolute Gasteiger partial charge is 0.306 e. The molecular formula is C13H27N. The number of hydrogen-bond donors (Lipinski definition) is 0. The maximum absolute atomic E-state index is 2.43. The summed E-state index contributed by atoms with van der Waals surface area (Å²) in [5.41, 5.74) is 1.67. The van der Waals surface area contributed by atoms with Crippen LogP contribution in [0.1, 0.15) is 46.5 Å². The molecule has 0 aromatic heterocycles. The van der Waals surface area contributed by atoms with Gasteiger partial charge in [-0.15, -0.1) is 0 Å². The fourth-order valence-corrected chi connectivity index (χ4v) is 1.87. The van der Waals surface area contributed by atoms with Gasteiger partial charge < -0.3 is 4.90 Å². The molecule has 1 heteroatoms. The smallest absolute Gasteiger partial charge is 0.0159 e. The van der Waals surface area contributed by atoms with Crippen molar-refractivity contribution in [2.24, 2.45) is 5.92 Å². The zero-order chi connectivity index (χ0) is 11.0. The zero-order valence-electron chi connectivity index (χ0n) is 10.6. The van der Waals surface area contributed by atoms with Gasteiger partial charge in [0.15, 0.2) is 0 Å². The van der Waals surface area contributed by atoms with Crippen LogP contribution in [-0.2, 0) is 0 Å². The molecule has 0 spiro atoms. The molecule has 0 aromatic carbocycles. The zero-order valence-corrected chi connectivity index (χ0v) is 10.6. The van der Waals surface area contributed by atoms with E-state index in [2.05, 4.69) is 45.8 Å². The first-order valence-electron chi connectivity index (χ1n) is 5.99. The number of hydrogen-bond acceptors (Lipinski definition) is 1. The minimum absolute atomic E-state index is 0.815. The van der Waals surface area contributed by atoms with Crippen LogP contribution in [0.2, 0.25) is 0 Å². The Hall–Kier alpha value is -0.300. The molecule has 0 N–H and O–H groups in total. The van der Waals surface area contributed by atoms with E-state index in [0.29, 0.717) is 0 Å². The summed E-state index contributed by atoms with van der Waals surface area (Å²) < 4.78 is 0. The van der Waals surface area contributed by atoms with Crippen LogP contribution in [-0.4, -0.2) is 25.5 Å². The monoisotopic (exact) mass is 197 g/mol. The molecule has 0 fully saturated rings. The molecule has 0 aliphatic carbocycles. The lowest BCUT2D eigenvalue weighted by Gasteiger charge is -2.18. The first-order chi connectivity index (χ1) is 6.65. The van der Waals surface area contributed by atoms with Crippen molar-refractivity contribution >= 4 is 0 Å². The Balaban J connectivity index is 4.31. The van der Waals surface area contributed by atoms with Gasteiger partial charge in [-0.1, -0.05) is 38.8 Å². The highest BCUT2D eigenvalue weighted by molar-refractivity contribution is 5.07. The van der Waals surface area contributed by atoms with Gasteiger partial charge in [-0.3, -0.25) is 0 Å². The van der Waals surface area contributed by atoms with Gasteiger partial charge in [0.2, 0.25) is 0 Å². The third-order valence-electron chi connectivity index (χ3n) is 2.77. The van der Waals surface area contributed by atoms with Crippen molar-refractivity contribution in [3.05, 3.63) is 11.6 Å². The topological polar surface area (TPSA) is 3.24 Å². The second kappa shape index (κ2) is 8.05. The highest BCUT2D eigenvalue weighted by Crippen LogP contribution is 2.22. The number of nitrogens with zero attached hydrogens (tertiary/aromatic N) is 1. The van der Waals surface area contributed by atoms with Gasteiger partial charge in [0, 0.05) is 6.54 Å². The number of likely N-dealkylation sites (N-methyl/N-ethyl adjacent to an activating group) is 1. The van der Waals surface area contributed by atoms with Crippen molar-refractivity contribution in [2.75, 3.05) is 20.6 Å². The van der Waals surface area contributed by atoms with Crippen LogP contribution in [0.25, 0.3) is 0 Å². The van der Waals surface area contributed by atoms with Crippen molar-refractivity contribution in [1.82, 2.24) is 4.90 Å². The van der Waals surface area contributed by atoms with Gasteiger partial charge in [-0.05, 0) is 39.3 Å². The normalized spacial score (nSPS) is 12.9. The molecule has 0 saturated carbocycles. The van der Waals surface area contributed by atoms with E-state index in [1.807, 2.05) is 0 Å². The Morgan fingerprint density at radius 1 is 1.14 bits per heavy atom. The van der Waals surface area contributed by atoms with Crippen LogP contribution in [0.5, 0.6) is 0 Å². The van der Waals surface area contributed by atoms with E-state index in [0.717, 1.165) is 12.5 Å². The molecule has 84 valence electrons. The lowest BCUT2D eigenvalue weighted by atomic mass is 9.90. The van der Waals surface area contributed by atoms with E-state index in [4.69, 9.17) is 0 Å². The molecule has 0 amide bonds. The van der Waals surface area contributed by atoms with Gasteiger partial charge in [0.1, 0.15) is 0 Å². The summed E-state index contributed by atoms with van der Waals surface area (Å²) in [5.74, 6) is 0.815. The van der Waals surface area contributed by atoms with Crippen molar-refractivity contribution < 1.29 is 0 Å². The molecule has 0 aromatic rings. The molecule has 0 saturated heterocycles. The SMILES string of the molecule is CCCC(=CCN(C)C)C(CC)CC. The predicted octanol–water partition coefficient (Wildman–Crippen LogP) is 3.71. The van der Waals surface area contributed by atoms with E-state index in [9.17, 15) is 0 Å². The fourth-order valence-electron chi connectivity index (χ4n) is 1.87. The second-order valence-electron chi connectivity index (χ2n) is 4.30. The molecule has 0 atom stereocenters. The van der Waals surface area contributed by atoms with Gasteiger partial charge >= 0.3 is 0 Å². The van der Waals surface area contributed by atoms with E-state index in [-0.39, 0.29) is 0 Å². The maximum atomic E-state index is 2.43. The van der Waals surface area contributed by atoms with Crippen LogP contribution in [0, 0.1) is 5.92 Å².